The average molecular weight is 422 g/mol. The molecule has 2 rings (SSSR count). The Morgan fingerprint density at radius 2 is 1.63 bits per heavy atom. The zero-order valence-corrected chi connectivity index (χ0v) is 16.8. The first-order chi connectivity index (χ1) is 14.3. The van der Waals surface area contributed by atoms with Crippen molar-refractivity contribution in [3.63, 3.8) is 0 Å². The Morgan fingerprint density at radius 3 is 2.27 bits per heavy atom. The molecule has 0 fully saturated rings. The Morgan fingerprint density at radius 1 is 0.967 bits per heavy atom. The maximum atomic E-state index is 12.6. The highest BCUT2D eigenvalue weighted by Gasteiger charge is 2.31. The molecule has 0 saturated carbocycles. The van der Waals surface area contributed by atoms with Crippen LogP contribution in [-0.4, -0.2) is 31.3 Å². The van der Waals surface area contributed by atoms with E-state index >= 15 is 0 Å². The van der Waals surface area contributed by atoms with Crippen LogP contribution in [0.25, 0.3) is 0 Å². The van der Waals surface area contributed by atoms with Crippen molar-refractivity contribution in [3.05, 3.63) is 65.2 Å². The maximum Gasteiger partial charge on any atom is 0.573 e. The number of ether oxygens (including phenoxy) is 1. The molecule has 0 saturated heterocycles. The van der Waals surface area contributed by atoms with Gasteiger partial charge in [0, 0.05) is 30.8 Å². The lowest BCUT2D eigenvalue weighted by molar-refractivity contribution is -0.274. The van der Waals surface area contributed by atoms with Crippen LogP contribution in [0.3, 0.4) is 0 Å². The Bertz CT molecular complexity index is 852. The molecule has 6 nitrogen and oxygen atoms in total. The number of para-hydroxylation sites is 1. The standard InChI is InChI=1S/C21H25F3N4O2/c1-3-25-19(29)16-11-9-15(10-12-16)13-27-20(26-4-2)28-14-17-7-5-6-8-18(17)30-21(22,23)24/h5-12H,3-4,13-14H2,1-2H3,(H,25,29)(H2,26,27,28). The molecule has 30 heavy (non-hydrogen) atoms. The highest BCUT2D eigenvalue weighted by molar-refractivity contribution is 5.94. The molecule has 2 aromatic carbocycles. The minimum absolute atomic E-state index is 0.105. The summed E-state index contributed by atoms with van der Waals surface area (Å²) >= 11 is 0. The van der Waals surface area contributed by atoms with E-state index < -0.39 is 6.36 Å². The first kappa shape index (κ1) is 23.1. The number of carbonyl (C=O) groups excluding carboxylic acids is 1. The van der Waals surface area contributed by atoms with E-state index in [1.165, 1.54) is 12.1 Å². The van der Waals surface area contributed by atoms with Crippen LogP contribution in [-0.2, 0) is 13.1 Å². The molecule has 2 aromatic rings. The summed E-state index contributed by atoms with van der Waals surface area (Å²) in [6.45, 7) is 5.32. The molecule has 0 aromatic heterocycles. The van der Waals surface area contributed by atoms with E-state index in [9.17, 15) is 18.0 Å². The SMILES string of the molecule is CCNC(=O)c1ccc(CN=C(NCC)NCc2ccccc2OC(F)(F)F)cc1. The minimum atomic E-state index is -4.76. The number of guanidine groups is 1. The maximum absolute atomic E-state index is 12.6. The van der Waals surface area contributed by atoms with Crippen LogP contribution in [0.2, 0.25) is 0 Å². The van der Waals surface area contributed by atoms with Crippen LogP contribution in [0.5, 0.6) is 5.75 Å². The topological polar surface area (TPSA) is 74.8 Å². The first-order valence-corrected chi connectivity index (χ1v) is 9.55. The predicted molar refractivity (Wildman–Crippen MR) is 109 cm³/mol. The third-order valence-corrected chi connectivity index (χ3v) is 3.96. The molecule has 0 bridgehead atoms. The van der Waals surface area contributed by atoms with Crippen LogP contribution in [0, 0.1) is 0 Å². The summed E-state index contributed by atoms with van der Waals surface area (Å²) in [5.74, 6) is 0.0590. The van der Waals surface area contributed by atoms with Gasteiger partial charge in [-0.25, -0.2) is 4.99 Å². The molecule has 0 radical (unpaired) electrons. The van der Waals surface area contributed by atoms with E-state index in [1.807, 2.05) is 26.0 Å². The second-order valence-electron chi connectivity index (χ2n) is 6.26. The van der Waals surface area contributed by atoms with Gasteiger partial charge in [0.05, 0.1) is 6.54 Å². The summed E-state index contributed by atoms with van der Waals surface area (Å²) in [6.07, 6.45) is -4.76. The highest BCUT2D eigenvalue weighted by atomic mass is 19.4. The molecule has 3 N–H and O–H groups in total. The smallest absolute Gasteiger partial charge is 0.405 e. The number of carbonyl (C=O) groups is 1. The number of hydrogen-bond donors (Lipinski definition) is 3. The molecule has 0 unspecified atom stereocenters. The minimum Gasteiger partial charge on any atom is -0.405 e. The summed E-state index contributed by atoms with van der Waals surface area (Å²) in [5.41, 5.74) is 1.81. The Labute approximate surface area is 173 Å². The van der Waals surface area contributed by atoms with Gasteiger partial charge in [0.15, 0.2) is 5.96 Å². The summed E-state index contributed by atoms with van der Waals surface area (Å²) < 4.78 is 41.8. The number of nitrogens with zero attached hydrogens (tertiary/aromatic N) is 1. The Hall–Kier alpha value is -3.23. The fourth-order valence-electron chi connectivity index (χ4n) is 2.59. The Kier molecular flexibility index (Phi) is 8.52. The molecule has 0 atom stereocenters. The van der Waals surface area contributed by atoms with Crippen molar-refractivity contribution >= 4 is 11.9 Å². The van der Waals surface area contributed by atoms with Crippen molar-refractivity contribution in [2.75, 3.05) is 13.1 Å². The van der Waals surface area contributed by atoms with Crippen LogP contribution in [0.15, 0.2) is 53.5 Å². The van der Waals surface area contributed by atoms with Gasteiger partial charge in [-0.15, -0.1) is 13.2 Å². The molecular weight excluding hydrogens is 397 g/mol. The van der Waals surface area contributed by atoms with E-state index in [0.29, 0.717) is 36.7 Å². The monoisotopic (exact) mass is 422 g/mol. The average Bonchev–Trinajstić information content (AvgIpc) is 2.70. The highest BCUT2D eigenvalue weighted by Crippen LogP contribution is 2.26. The van der Waals surface area contributed by atoms with Crippen molar-refractivity contribution < 1.29 is 22.7 Å². The van der Waals surface area contributed by atoms with E-state index in [-0.39, 0.29) is 18.2 Å². The second-order valence-corrected chi connectivity index (χ2v) is 6.26. The number of halogens is 3. The molecule has 0 aliphatic rings. The van der Waals surface area contributed by atoms with Gasteiger partial charge in [0.1, 0.15) is 5.75 Å². The third kappa shape index (κ3) is 7.65. The summed E-state index contributed by atoms with van der Waals surface area (Å²) in [6, 6.07) is 13.0. The zero-order valence-electron chi connectivity index (χ0n) is 16.8. The second kappa shape index (κ2) is 11.1. The van der Waals surface area contributed by atoms with Crippen molar-refractivity contribution in [3.8, 4) is 5.75 Å². The van der Waals surface area contributed by atoms with Crippen molar-refractivity contribution in [1.29, 1.82) is 0 Å². The van der Waals surface area contributed by atoms with E-state index in [4.69, 9.17) is 0 Å². The van der Waals surface area contributed by atoms with Crippen molar-refractivity contribution in [2.24, 2.45) is 4.99 Å². The van der Waals surface area contributed by atoms with Crippen LogP contribution in [0.4, 0.5) is 13.2 Å². The first-order valence-electron chi connectivity index (χ1n) is 9.55. The Balaban J connectivity index is 2.03. The normalized spacial score (nSPS) is 11.7. The van der Waals surface area contributed by atoms with Gasteiger partial charge < -0.3 is 20.7 Å². The van der Waals surface area contributed by atoms with Gasteiger partial charge in [-0.3, -0.25) is 4.79 Å². The van der Waals surface area contributed by atoms with Crippen LogP contribution in [0.1, 0.15) is 35.3 Å². The van der Waals surface area contributed by atoms with Gasteiger partial charge in [-0.05, 0) is 37.6 Å². The third-order valence-electron chi connectivity index (χ3n) is 3.96. The number of rotatable bonds is 8. The van der Waals surface area contributed by atoms with E-state index in [0.717, 1.165) is 5.56 Å². The lowest BCUT2D eigenvalue weighted by Crippen LogP contribution is -2.37. The van der Waals surface area contributed by atoms with Gasteiger partial charge >= 0.3 is 6.36 Å². The van der Waals surface area contributed by atoms with Gasteiger partial charge in [-0.1, -0.05) is 30.3 Å². The summed E-state index contributed by atoms with van der Waals surface area (Å²) in [7, 11) is 0. The molecule has 0 heterocycles. The molecule has 9 heteroatoms. The van der Waals surface area contributed by atoms with Gasteiger partial charge in [0.2, 0.25) is 0 Å². The fraction of sp³-hybridized carbons (Fsp3) is 0.333. The summed E-state index contributed by atoms with van der Waals surface area (Å²) in [4.78, 5) is 16.2. The summed E-state index contributed by atoms with van der Waals surface area (Å²) in [5, 5.41) is 8.79. The van der Waals surface area contributed by atoms with Gasteiger partial charge in [-0.2, -0.15) is 0 Å². The molecule has 0 spiro atoms. The van der Waals surface area contributed by atoms with Crippen molar-refractivity contribution in [1.82, 2.24) is 16.0 Å². The van der Waals surface area contributed by atoms with Crippen LogP contribution < -0.4 is 20.7 Å². The largest absolute Gasteiger partial charge is 0.573 e. The number of alkyl halides is 3. The molecule has 1 amide bonds. The fourth-order valence-corrected chi connectivity index (χ4v) is 2.59. The van der Waals surface area contributed by atoms with E-state index in [1.54, 1.807) is 24.3 Å². The van der Waals surface area contributed by atoms with Gasteiger partial charge in [0.25, 0.3) is 5.91 Å². The quantitative estimate of drug-likeness (QED) is 0.449. The number of benzene rings is 2. The molecule has 0 aliphatic carbocycles. The van der Waals surface area contributed by atoms with Crippen molar-refractivity contribution in [2.45, 2.75) is 33.3 Å². The number of nitrogens with one attached hydrogen (secondary N) is 3. The van der Waals surface area contributed by atoms with Crippen LogP contribution >= 0.6 is 0 Å². The molecule has 0 aliphatic heterocycles. The predicted octanol–water partition coefficient (Wildman–Crippen LogP) is 3.59. The lowest BCUT2D eigenvalue weighted by Gasteiger charge is -2.15. The number of aliphatic imine (C=N–C) groups is 1. The number of hydrogen-bond acceptors (Lipinski definition) is 3. The molecular formula is C21H25F3N4O2. The number of amides is 1. The lowest BCUT2D eigenvalue weighted by atomic mass is 10.1. The molecule has 162 valence electrons. The van der Waals surface area contributed by atoms with E-state index in [2.05, 4.69) is 25.7 Å². The zero-order chi connectivity index (χ0) is 22.0.